The summed E-state index contributed by atoms with van der Waals surface area (Å²) in [5, 5.41) is 0. The molecule has 1 aliphatic rings. The lowest BCUT2D eigenvalue weighted by Gasteiger charge is -2.39. The molecular weight excluding hydrogens is 342 g/mol. The lowest BCUT2D eigenvalue weighted by Crippen LogP contribution is -2.53. The van der Waals surface area contributed by atoms with Gasteiger partial charge in [-0.2, -0.15) is 13.2 Å². The molecule has 1 aliphatic heterocycles. The van der Waals surface area contributed by atoms with Crippen molar-refractivity contribution in [3.05, 3.63) is 35.1 Å². The quantitative estimate of drug-likeness (QED) is 0.752. The summed E-state index contributed by atoms with van der Waals surface area (Å²) < 4.78 is 62.8. The molecule has 140 valence electrons. The first-order chi connectivity index (χ1) is 11.5. The van der Waals surface area contributed by atoms with E-state index < -0.39 is 41.4 Å². The predicted octanol–water partition coefficient (Wildman–Crippen LogP) is 4.23. The highest BCUT2D eigenvalue weighted by Gasteiger charge is 2.36. The molecule has 0 unspecified atom stereocenters. The fraction of sp³-hybridized carbons (Fsp3) is 0.588. The first kappa shape index (κ1) is 19.5. The number of nitrogens with zero attached hydrogens (tertiary/aromatic N) is 1. The first-order valence-corrected chi connectivity index (χ1v) is 7.87. The predicted molar refractivity (Wildman–Crippen MR) is 82.4 cm³/mol. The van der Waals surface area contributed by atoms with Crippen LogP contribution in [-0.4, -0.2) is 36.3 Å². The highest BCUT2D eigenvalue weighted by molar-refractivity contribution is 5.69. The van der Waals surface area contributed by atoms with Crippen LogP contribution >= 0.6 is 0 Å². The highest BCUT2D eigenvalue weighted by Crippen LogP contribution is 2.33. The fourth-order valence-electron chi connectivity index (χ4n) is 2.45. The van der Waals surface area contributed by atoms with Crippen LogP contribution < -0.4 is 0 Å². The number of carbonyl (C=O) groups is 1. The summed E-state index contributed by atoms with van der Waals surface area (Å²) in [6.07, 6.45) is -5.07. The largest absolute Gasteiger partial charge is 0.444 e. The van der Waals surface area contributed by atoms with Crippen LogP contribution in [0.5, 0.6) is 0 Å². The third-order valence-corrected chi connectivity index (χ3v) is 3.63. The lowest BCUT2D eigenvalue weighted by atomic mass is 10.0. The normalized spacial score (nSPS) is 15.9. The molecule has 1 amide bonds. The van der Waals surface area contributed by atoms with Crippen molar-refractivity contribution < 1.29 is 31.8 Å². The summed E-state index contributed by atoms with van der Waals surface area (Å²) in [4.78, 5) is 13.3. The number of amides is 1. The number of benzene rings is 1. The van der Waals surface area contributed by atoms with Crippen LogP contribution in [0.1, 0.15) is 31.9 Å². The second-order valence-corrected chi connectivity index (χ2v) is 7.03. The minimum atomic E-state index is -4.63. The summed E-state index contributed by atoms with van der Waals surface area (Å²) in [5.74, 6) is -0.951. The molecule has 0 aliphatic carbocycles. The van der Waals surface area contributed by atoms with Crippen molar-refractivity contribution in [1.82, 2.24) is 4.90 Å². The lowest BCUT2D eigenvalue weighted by molar-refractivity contribution is -0.139. The van der Waals surface area contributed by atoms with Gasteiger partial charge in [-0.3, -0.25) is 0 Å². The second-order valence-electron chi connectivity index (χ2n) is 7.03. The number of alkyl halides is 3. The molecule has 8 heteroatoms. The van der Waals surface area contributed by atoms with Crippen LogP contribution in [0.15, 0.2) is 18.2 Å². The molecule has 0 bridgehead atoms. The molecule has 0 N–H and O–H groups in total. The molecule has 1 fully saturated rings. The maximum absolute atomic E-state index is 13.7. The standard InChI is InChI=1S/C17H21F4NO3/c1-16(2,3)25-15(23)22-7-11(8-22)9-24-10-12-13(17(19,20)21)5-4-6-14(12)18/h4-6,11H,7-10H2,1-3H3. The zero-order chi connectivity index (χ0) is 18.8. The molecule has 0 aromatic heterocycles. The van der Waals surface area contributed by atoms with Gasteiger partial charge in [-0.25, -0.2) is 9.18 Å². The van der Waals surface area contributed by atoms with Gasteiger partial charge in [0.05, 0.1) is 18.8 Å². The zero-order valence-electron chi connectivity index (χ0n) is 14.3. The van der Waals surface area contributed by atoms with Gasteiger partial charge in [-0.15, -0.1) is 0 Å². The van der Waals surface area contributed by atoms with Crippen LogP contribution in [0.2, 0.25) is 0 Å². The van der Waals surface area contributed by atoms with Crippen LogP contribution in [-0.2, 0) is 22.3 Å². The Morgan fingerprint density at radius 2 is 1.88 bits per heavy atom. The van der Waals surface area contributed by atoms with E-state index in [1.165, 1.54) is 4.90 Å². The Balaban J connectivity index is 1.81. The van der Waals surface area contributed by atoms with Gasteiger partial charge in [-0.1, -0.05) is 6.07 Å². The summed E-state index contributed by atoms with van der Waals surface area (Å²) in [7, 11) is 0. The number of halogens is 4. The smallest absolute Gasteiger partial charge is 0.416 e. The minimum absolute atomic E-state index is 0.00590. The highest BCUT2D eigenvalue weighted by atomic mass is 19.4. The Hall–Kier alpha value is -1.83. The third kappa shape index (κ3) is 5.32. The van der Waals surface area contributed by atoms with E-state index >= 15 is 0 Å². The zero-order valence-corrected chi connectivity index (χ0v) is 14.3. The first-order valence-electron chi connectivity index (χ1n) is 7.87. The number of carbonyl (C=O) groups excluding carboxylic acids is 1. The summed E-state index contributed by atoms with van der Waals surface area (Å²) in [5.41, 5.74) is -2.12. The van der Waals surface area contributed by atoms with E-state index in [4.69, 9.17) is 9.47 Å². The minimum Gasteiger partial charge on any atom is -0.444 e. The molecule has 4 nitrogen and oxygen atoms in total. The monoisotopic (exact) mass is 363 g/mol. The van der Waals surface area contributed by atoms with Gasteiger partial charge in [0.1, 0.15) is 11.4 Å². The molecule has 0 saturated carbocycles. The maximum atomic E-state index is 13.7. The van der Waals surface area contributed by atoms with Crippen molar-refractivity contribution in [3.8, 4) is 0 Å². The van der Waals surface area contributed by atoms with E-state index in [1.54, 1.807) is 20.8 Å². The molecular formula is C17H21F4NO3. The third-order valence-electron chi connectivity index (χ3n) is 3.63. The maximum Gasteiger partial charge on any atom is 0.416 e. The molecule has 2 rings (SSSR count). The average molecular weight is 363 g/mol. The molecule has 0 radical (unpaired) electrons. The number of hydrogen-bond donors (Lipinski definition) is 0. The molecule has 0 spiro atoms. The van der Waals surface area contributed by atoms with E-state index in [0.717, 1.165) is 18.2 Å². The van der Waals surface area contributed by atoms with Gasteiger partial charge in [0.15, 0.2) is 0 Å². The Kier molecular flexibility index (Phi) is 5.61. The van der Waals surface area contributed by atoms with Crippen molar-refractivity contribution in [2.45, 2.75) is 39.2 Å². The number of likely N-dealkylation sites (tertiary alicyclic amines) is 1. The molecule has 1 heterocycles. The number of hydrogen-bond acceptors (Lipinski definition) is 3. The molecule has 1 aromatic carbocycles. The van der Waals surface area contributed by atoms with E-state index in [2.05, 4.69) is 0 Å². The fourth-order valence-corrected chi connectivity index (χ4v) is 2.45. The van der Waals surface area contributed by atoms with Gasteiger partial charge in [0.2, 0.25) is 0 Å². The van der Waals surface area contributed by atoms with Gasteiger partial charge in [0.25, 0.3) is 0 Å². The number of rotatable bonds is 4. The van der Waals surface area contributed by atoms with Crippen molar-refractivity contribution in [2.24, 2.45) is 5.92 Å². The average Bonchev–Trinajstić information content (AvgIpc) is 2.39. The molecule has 1 saturated heterocycles. The Bertz CT molecular complexity index is 619. The van der Waals surface area contributed by atoms with Gasteiger partial charge in [0, 0.05) is 24.6 Å². The van der Waals surface area contributed by atoms with Crippen molar-refractivity contribution in [3.63, 3.8) is 0 Å². The molecule has 0 atom stereocenters. The van der Waals surface area contributed by atoms with Crippen molar-refractivity contribution in [1.29, 1.82) is 0 Å². The number of ether oxygens (including phenoxy) is 2. The summed E-state index contributed by atoms with van der Waals surface area (Å²) in [6, 6.07) is 2.82. The van der Waals surface area contributed by atoms with E-state index in [9.17, 15) is 22.4 Å². The molecule has 25 heavy (non-hydrogen) atoms. The summed E-state index contributed by atoms with van der Waals surface area (Å²) in [6.45, 7) is 5.76. The molecule has 1 aromatic rings. The van der Waals surface area contributed by atoms with E-state index in [1.807, 2.05) is 0 Å². The van der Waals surface area contributed by atoms with Gasteiger partial charge >= 0.3 is 12.3 Å². The Morgan fingerprint density at radius 3 is 2.44 bits per heavy atom. The van der Waals surface area contributed by atoms with Crippen LogP contribution in [0.4, 0.5) is 22.4 Å². The Morgan fingerprint density at radius 1 is 1.24 bits per heavy atom. The van der Waals surface area contributed by atoms with Crippen molar-refractivity contribution >= 4 is 6.09 Å². The second kappa shape index (κ2) is 7.19. The van der Waals surface area contributed by atoms with Crippen molar-refractivity contribution in [2.75, 3.05) is 19.7 Å². The SMILES string of the molecule is CC(C)(C)OC(=O)N1CC(COCc2c(F)cccc2C(F)(F)F)C1. The summed E-state index contributed by atoms with van der Waals surface area (Å²) >= 11 is 0. The van der Waals surface area contributed by atoms with Crippen LogP contribution in [0.3, 0.4) is 0 Å². The topological polar surface area (TPSA) is 38.8 Å². The van der Waals surface area contributed by atoms with Gasteiger partial charge < -0.3 is 14.4 Å². The van der Waals surface area contributed by atoms with E-state index in [-0.39, 0.29) is 12.5 Å². The Labute approximate surface area is 143 Å². The van der Waals surface area contributed by atoms with E-state index in [0.29, 0.717) is 13.1 Å². The van der Waals surface area contributed by atoms with Gasteiger partial charge in [-0.05, 0) is 32.9 Å². The van der Waals surface area contributed by atoms with Crippen LogP contribution in [0, 0.1) is 11.7 Å². The van der Waals surface area contributed by atoms with Crippen LogP contribution in [0.25, 0.3) is 0 Å².